The minimum atomic E-state index is -1.11. The lowest BCUT2D eigenvalue weighted by Gasteiger charge is -2.32. The Morgan fingerprint density at radius 1 is 1.25 bits per heavy atom. The van der Waals surface area contributed by atoms with Crippen molar-refractivity contribution in [3.05, 3.63) is 50.7 Å². The second-order valence-electron chi connectivity index (χ2n) is 7.31. The molecule has 10 heteroatoms. The highest BCUT2D eigenvalue weighted by molar-refractivity contribution is 5.49. The first-order valence-corrected chi connectivity index (χ1v) is 9.48. The Kier molecular flexibility index (Phi) is 3.98. The van der Waals surface area contributed by atoms with Gasteiger partial charge in [-0.2, -0.15) is 9.67 Å². The van der Waals surface area contributed by atoms with Crippen LogP contribution in [0, 0.1) is 0 Å². The summed E-state index contributed by atoms with van der Waals surface area (Å²) in [5.41, 5.74) is 3.62. The number of methoxy groups -OCH3 is 1. The molecule has 1 aliphatic heterocycles. The van der Waals surface area contributed by atoms with Crippen molar-refractivity contribution < 1.29 is 13.7 Å². The maximum atomic E-state index is 12.1. The Hall–Kier alpha value is -2.72. The Morgan fingerprint density at radius 2 is 2.11 bits per heavy atom. The number of hydrogen-bond donors (Lipinski definition) is 2. The van der Waals surface area contributed by atoms with Crippen LogP contribution in [0.2, 0.25) is 0 Å². The van der Waals surface area contributed by atoms with E-state index in [2.05, 4.69) is 25.5 Å². The van der Waals surface area contributed by atoms with Crippen molar-refractivity contribution in [3.8, 4) is 0 Å². The van der Waals surface area contributed by atoms with E-state index in [9.17, 15) is 4.79 Å². The van der Waals surface area contributed by atoms with Gasteiger partial charge in [0, 0.05) is 26.4 Å². The first-order chi connectivity index (χ1) is 13.6. The van der Waals surface area contributed by atoms with Crippen LogP contribution in [0.4, 0.5) is 0 Å². The Bertz CT molecular complexity index is 1080. The molecule has 4 heterocycles. The van der Waals surface area contributed by atoms with E-state index in [1.807, 2.05) is 0 Å². The van der Waals surface area contributed by atoms with E-state index in [1.165, 1.54) is 27.9 Å². The molecule has 2 N–H and O–H groups in total. The Balaban J connectivity index is 1.76. The summed E-state index contributed by atoms with van der Waals surface area (Å²) in [5, 5.41) is 12.0. The lowest BCUT2D eigenvalue weighted by atomic mass is 9.83. The molecule has 0 saturated carbocycles. The van der Waals surface area contributed by atoms with Crippen molar-refractivity contribution in [2.45, 2.75) is 44.2 Å². The van der Waals surface area contributed by atoms with Gasteiger partial charge in [-0.3, -0.25) is 5.32 Å². The number of nitrogens with zero attached hydrogens (tertiary/aromatic N) is 4. The number of aryl methyl sites for hydroxylation is 2. The van der Waals surface area contributed by atoms with Gasteiger partial charge in [-0.1, -0.05) is 5.16 Å². The van der Waals surface area contributed by atoms with Gasteiger partial charge in [-0.05, 0) is 43.2 Å². The van der Waals surface area contributed by atoms with Crippen LogP contribution in [0.15, 0.2) is 13.7 Å². The molecule has 0 bridgehead atoms. The van der Waals surface area contributed by atoms with E-state index in [0.717, 1.165) is 31.4 Å². The molecule has 3 aromatic heterocycles. The topological polar surface area (TPSA) is 124 Å². The largest absolute Gasteiger partial charge is 0.436 e. The van der Waals surface area contributed by atoms with E-state index in [0.29, 0.717) is 18.3 Å². The first kappa shape index (κ1) is 17.4. The van der Waals surface area contributed by atoms with Crippen LogP contribution in [0.5, 0.6) is 0 Å². The summed E-state index contributed by atoms with van der Waals surface area (Å²) in [5.74, 6) is 0.353. The monoisotopic (exact) mass is 386 g/mol. The van der Waals surface area contributed by atoms with Crippen molar-refractivity contribution >= 4 is 0 Å². The molecule has 0 radical (unpaired) electrons. The van der Waals surface area contributed by atoms with Gasteiger partial charge in [0.1, 0.15) is 6.61 Å². The molecule has 5 rings (SSSR count). The van der Waals surface area contributed by atoms with Gasteiger partial charge >= 0.3 is 5.76 Å². The summed E-state index contributed by atoms with van der Waals surface area (Å²) < 4.78 is 17.2. The van der Waals surface area contributed by atoms with Crippen LogP contribution in [0.1, 0.15) is 53.0 Å². The summed E-state index contributed by atoms with van der Waals surface area (Å²) in [6.07, 6.45) is 5.27. The predicted molar refractivity (Wildman–Crippen MR) is 95.8 cm³/mol. The summed E-state index contributed by atoms with van der Waals surface area (Å²) >= 11 is 0. The number of rotatable bonds is 4. The molecule has 0 spiro atoms. The maximum Gasteiger partial charge on any atom is 0.436 e. The molecule has 1 unspecified atom stereocenters. The lowest BCUT2D eigenvalue weighted by Crippen LogP contribution is -2.50. The van der Waals surface area contributed by atoms with Gasteiger partial charge < -0.3 is 18.7 Å². The van der Waals surface area contributed by atoms with Gasteiger partial charge in [-0.15, -0.1) is 5.10 Å². The molecule has 0 saturated heterocycles. The van der Waals surface area contributed by atoms with Crippen LogP contribution in [0.3, 0.4) is 0 Å². The fourth-order valence-corrected chi connectivity index (χ4v) is 4.37. The molecule has 0 fully saturated rings. The minimum Gasteiger partial charge on any atom is -0.389 e. The number of hydrogen-bond acceptors (Lipinski definition) is 8. The SMILES string of the molecule is COCc1nc(C2(c3nn(C)c(=O)o3)NCCc3c2[nH]c2c3CCCC2)no1. The average molecular weight is 386 g/mol. The molecule has 10 nitrogen and oxygen atoms in total. The van der Waals surface area contributed by atoms with Crippen LogP contribution in [-0.4, -0.2) is 38.6 Å². The van der Waals surface area contributed by atoms with E-state index in [-0.39, 0.29) is 12.5 Å². The average Bonchev–Trinajstić information content (AvgIpc) is 3.40. The Labute approximate surface area is 160 Å². The molecule has 28 heavy (non-hydrogen) atoms. The summed E-state index contributed by atoms with van der Waals surface area (Å²) in [7, 11) is 3.12. The smallest absolute Gasteiger partial charge is 0.389 e. The highest BCUT2D eigenvalue weighted by Crippen LogP contribution is 2.41. The number of nitrogens with one attached hydrogen (secondary N) is 2. The molecule has 148 valence electrons. The van der Waals surface area contributed by atoms with Crippen molar-refractivity contribution in [2.24, 2.45) is 7.05 Å². The zero-order valence-electron chi connectivity index (χ0n) is 15.9. The minimum absolute atomic E-state index is 0.198. The number of ether oxygens (including phenoxy) is 1. The quantitative estimate of drug-likeness (QED) is 0.666. The van der Waals surface area contributed by atoms with E-state index >= 15 is 0 Å². The van der Waals surface area contributed by atoms with Crippen LogP contribution < -0.4 is 11.1 Å². The van der Waals surface area contributed by atoms with E-state index in [1.54, 1.807) is 14.2 Å². The molecule has 0 aromatic carbocycles. The molecule has 0 amide bonds. The molecule has 1 atom stereocenters. The summed E-state index contributed by atoms with van der Waals surface area (Å²) in [6.45, 7) is 0.870. The summed E-state index contributed by atoms with van der Waals surface area (Å²) in [4.78, 5) is 20.2. The molecular formula is C18H22N6O4. The van der Waals surface area contributed by atoms with E-state index < -0.39 is 11.3 Å². The van der Waals surface area contributed by atoms with Gasteiger partial charge in [0.15, 0.2) is 0 Å². The van der Waals surface area contributed by atoms with Crippen molar-refractivity contribution in [2.75, 3.05) is 13.7 Å². The predicted octanol–water partition coefficient (Wildman–Crippen LogP) is 0.547. The standard InChI is InChI=1S/C18H22N6O4/c1-24-17(25)27-16(22-24)18(15-21-13(9-26-2)28-23-15)14-11(7-8-19-18)10-5-3-4-6-12(10)20-14/h19-20H,3-9H2,1-2H3. The molecule has 2 aliphatic rings. The van der Waals surface area contributed by atoms with Gasteiger partial charge in [0.25, 0.3) is 11.8 Å². The van der Waals surface area contributed by atoms with Crippen LogP contribution in [-0.2, 0) is 43.2 Å². The van der Waals surface area contributed by atoms with Crippen LogP contribution in [0.25, 0.3) is 0 Å². The fourth-order valence-electron chi connectivity index (χ4n) is 4.37. The third-order valence-corrected chi connectivity index (χ3v) is 5.63. The van der Waals surface area contributed by atoms with Crippen molar-refractivity contribution in [1.29, 1.82) is 0 Å². The molecular weight excluding hydrogens is 364 g/mol. The van der Waals surface area contributed by atoms with E-state index in [4.69, 9.17) is 13.7 Å². The maximum absolute atomic E-state index is 12.1. The second kappa shape index (κ2) is 6.42. The van der Waals surface area contributed by atoms with Gasteiger partial charge in [0.05, 0.1) is 5.69 Å². The zero-order chi connectivity index (χ0) is 19.3. The normalized spacial score (nSPS) is 21.5. The highest BCUT2D eigenvalue weighted by Gasteiger charge is 2.51. The molecule has 1 aliphatic carbocycles. The third-order valence-electron chi connectivity index (χ3n) is 5.63. The van der Waals surface area contributed by atoms with Gasteiger partial charge in [0.2, 0.25) is 11.4 Å². The lowest BCUT2D eigenvalue weighted by molar-refractivity contribution is 0.151. The number of H-pyrrole nitrogens is 1. The third kappa shape index (κ3) is 2.41. The Morgan fingerprint density at radius 3 is 2.89 bits per heavy atom. The second-order valence-corrected chi connectivity index (χ2v) is 7.31. The first-order valence-electron chi connectivity index (χ1n) is 9.48. The summed E-state index contributed by atoms with van der Waals surface area (Å²) in [6, 6.07) is 0. The van der Waals surface area contributed by atoms with Gasteiger partial charge in [-0.25, -0.2) is 4.79 Å². The van der Waals surface area contributed by atoms with Crippen molar-refractivity contribution in [3.63, 3.8) is 0 Å². The van der Waals surface area contributed by atoms with Crippen LogP contribution >= 0.6 is 0 Å². The fraction of sp³-hybridized carbons (Fsp3) is 0.556. The number of aromatic amines is 1. The number of fused-ring (bicyclic) bond motifs is 3. The molecule has 3 aromatic rings. The zero-order valence-corrected chi connectivity index (χ0v) is 15.9. The highest BCUT2D eigenvalue weighted by atomic mass is 16.5. The van der Waals surface area contributed by atoms with Crippen molar-refractivity contribution in [1.82, 2.24) is 30.2 Å². The number of aromatic nitrogens is 5.